The molecule has 0 saturated carbocycles. The number of carbonyl (C=O) groups is 1. The van der Waals surface area contributed by atoms with Crippen molar-refractivity contribution in [2.75, 3.05) is 26.7 Å². The summed E-state index contributed by atoms with van der Waals surface area (Å²) in [6.07, 6.45) is 0. The Kier molecular flexibility index (Phi) is 0.811. The zero-order valence-electron chi connectivity index (χ0n) is 5.39. The number of likely N-dealkylation sites (tertiary alicyclic amines) is 1. The highest BCUT2D eigenvalue weighted by Gasteiger charge is 2.55. The molecular weight excluding hydrogens is 118 g/mol. The summed E-state index contributed by atoms with van der Waals surface area (Å²) in [7, 11) is 1.99. The molecule has 0 unspecified atom stereocenters. The van der Waals surface area contributed by atoms with Crippen LogP contribution < -0.4 is 0 Å². The molecule has 0 aromatic heterocycles. The van der Waals surface area contributed by atoms with Crippen LogP contribution in [0, 0.1) is 0 Å². The van der Waals surface area contributed by atoms with E-state index in [-0.39, 0.29) is 11.4 Å². The average molecular weight is 127 g/mol. The van der Waals surface area contributed by atoms with Crippen LogP contribution in [0.5, 0.6) is 0 Å². The van der Waals surface area contributed by atoms with Gasteiger partial charge in [-0.1, -0.05) is 0 Å². The fourth-order valence-corrected chi connectivity index (χ4v) is 1.43. The van der Waals surface area contributed by atoms with Gasteiger partial charge in [0, 0.05) is 13.1 Å². The van der Waals surface area contributed by atoms with Crippen LogP contribution in [0.3, 0.4) is 0 Å². The first kappa shape index (κ1) is 5.38. The third-order valence-electron chi connectivity index (χ3n) is 2.04. The van der Waals surface area contributed by atoms with Gasteiger partial charge in [-0.05, 0) is 7.05 Å². The van der Waals surface area contributed by atoms with E-state index in [1.807, 2.05) is 7.05 Å². The smallest absolute Gasteiger partial charge is 0.192 e. The van der Waals surface area contributed by atoms with E-state index in [0.717, 1.165) is 13.1 Å². The van der Waals surface area contributed by atoms with Gasteiger partial charge >= 0.3 is 0 Å². The van der Waals surface area contributed by atoms with Gasteiger partial charge < -0.3 is 4.74 Å². The predicted molar refractivity (Wildman–Crippen MR) is 31.2 cm³/mol. The van der Waals surface area contributed by atoms with E-state index >= 15 is 0 Å². The van der Waals surface area contributed by atoms with Crippen LogP contribution in [0.25, 0.3) is 0 Å². The van der Waals surface area contributed by atoms with E-state index < -0.39 is 0 Å². The van der Waals surface area contributed by atoms with Crippen LogP contribution in [-0.4, -0.2) is 43.0 Å². The second kappa shape index (κ2) is 1.36. The van der Waals surface area contributed by atoms with Crippen molar-refractivity contribution in [3.8, 4) is 0 Å². The molecule has 0 bridgehead atoms. The van der Waals surface area contributed by atoms with Gasteiger partial charge in [0.2, 0.25) is 0 Å². The molecule has 3 heteroatoms. The van der Waals surface area contributed by atoms with E-state index in [0.29, 0.717) is 6.61 Å². The SMILES string of the molecule is CN1CC2(C1)OCC2=O. The molecule has 3 nitrogen and oxygen atoms in total. The lowest BCUT2D eigenvalue weighted by Crippen LogP contribution is -2.73. The zero-order chi connectivity index (χ0) is 6.48. The standard InChI is InChI=1S/C6H9NO2/c1-7-3-6(4-7)5(8)2-9-6/h2-4H2,1H3. The maximum Gasteiger partial charge on any atom is 0.192 e. The van der Waals surface area contributed by atoms with E-state index in [9.17, 15) is 4.79 Å². The summed E-state index contributed by atoms with van der Waals surface area (Å²) in [5.41, 5.74) is -0.339. The van der Waals surface area contributed by atoms with E-state index in [1.165, 1.54) is 0 Å². The van der Waals surface area contributed by atoms with Crippen molar-refractivity contribution in [1.82, 2.24) is 4.90 Å². The Labute approximate surface area is 53.6 Å². The highest BCUT2D eigenvalue weighted by molar-refractivity contribution is 5.94. The fraction of sp³-hybridized carbons (Fsp3) is 0.833. The Morgan fingerprint density at radius 3 is 2.44 bits per heavy atom. The number of ketones is 1. The van der Waals surface area contributed by atoms with Gasteiger partial charge in [0.15, 0.2) is 11.4 Å². The predicted octanol–water partition coefficient (Wildman–Crippen LogP) is -0.730. The van der Waals surface area contributed by atoms with Gasteiger partial charge in [-0.2, -0.15) is 0 Å². The molecule has 2 fully saturated rings. The Balaban J connectivity index is 2.05. The zero-order valence-corrected chi connectivity index (χ0v) is 5.39. The summed E-state index contributed by atoms with van der Waals surface area (Å²) in [4.78, 5) is 12.9. The molecule has 2 heterocycles. The number of likely N-dealkylation sites (N-methyl/N-ethyl adjacent to an activating group) is 1. The van der Waals surface area contributed by atoms with Gasteiger partial charge in [0.25, 0.3) is 0 Å². The third kappa shape index (κ3) is 0.509. The molecular formula is C6H9NO2. The van der Waals surface area contributed by atoms with Gasteiger partial charge in [-0.15, -0.1) is 0 Å². The van der Waals surface area contributed by atoms with Crippen molar-refractivity contribution in [2.24, 2.45) is 0 Å². The lowest BCUT2D eigenvalue weighted by molar-refractivity contribution is -0.208. The number of carbonyl (C=O) groups excluding carboxylic acids is 1. The van der Waals surface area contributed by atoms with Crippen LogP contribution >= 0.6 is 0 Å². The highest BCUT2D eigenvalue weighted by Crippen LogP contribution is 2.31. The molecule has 2 saturated heterocycles. The molecule has 9 heavy (non-hydrogen) atoms. The van der Waals surface area contributed by atoms with Crippen molar-refractivity contribution in [2.45, 2.75) is 5.60 Å². The fourth-order valence-electron chi connectivity index (χ4n) is 1.43. The van der Waals surface area contributed by atoms with E-state index in [1.54, 1.807) is 0 Å². The van der Waals surface area contributed by atoms with Gasteiger partial charge in [-0.3, -0.25) is 9.69 Å². The molecule has 0 radical (unpaired) electrons. The Morgan fingerprint density at radius 1 is 1.67 bits per heavy atom. The van der Waals surface area contributed by atoms with Crippen molar-refractivity contribution < 1.29 is 9.53 Å². The first-order valence-electron chi connectivity index (χ1n) is 3.09. The van der Waals surface area contributed by atoms with Crippen LogP contribution in [0.2, 0.25) is 0 Å². The first-order valence-corrected chi connectivity index (χ1v) is 3.09. The van der Waals surface area contributed by atoms with Crippen LogP contribution in [0.15, 0.2) is 0 Å². The van der Waals surface area contributed by atoms with Crippen molar-refractivity contribution in [3.05, 3.63) is 0 Å². The largest absolute Gasteiger partial charge is 0.356 e. The highest BCUT2D eigenvalue weighted by atomic mass is 16.5. The van der Waals surface area contributed by atoms with Crippen molar-refractivity contribution >= 4 is 5.78 Å². The van der Waals surface area contributed by atoms with Crippen LogP contribution in [-0.2, 0) is 9.53 Å². The molecule has 2 aliphatic heterocycles. The topological polar surface area (TPSA) is 29.5 Å². The number of Topliss-reactive ketones (excluding diaryl/α,β-unsaturated/α-hetero) is 1. The minimum atomic E-state index is -0.339. The van der Waals surface area contributed by atoms with Crippen LogP contribution in [0.4, 0.5) is 0 Å². The Bertz CT molecular complexity index is 160. The number of nitrogens with zero attached hydrogens (tertiary/aromatic N) is 1. The second-order valence-corrected chi connectivity index (χ2v) is 2.88. The number of ether oxygens (including phenoxy) is 1. The lowest BCUT2D eigenvalue weighted by atomic mass is 9.86. The normalized spacial score (nSPS) is 31.9. The minimum absolute atomic E-state index is 0.278. The Morgan fingerprint density at radius 2 is 2.33 bits per heavy atom. The molecule has 0 amide bonds. The maximum atomic E-state index is 10.8. The van der Waals surface area contributed by atoms with Crippen molar-refractivity contribution in [1.29, 1.82) is 0 Å². The maximum absolute atomic E-state index is 10.8. The van der Waals surface area contributed by atoms with Gasteiger partial charge in [0.05, 0.1) is 0 Å². The summed E-state index contributed by atoms with van der Waals surface area (Å²) >= 11 is 0. The molecule has 0 aliphatic carbocycles. The number of hydrogen-bond acceptors (Lipinski definition) is 3. The summed E-state index contributed by atoms with van der Waals surface area (Å²) in [6.45, 7) is 1.94. The average Bonchev–Trinajstić information content (AvgIpc) is 1.77. The molecule has 0 N–H and O–H groups in total. The summed E-state index contributed by atoms with van der Waals surface area (Å²) < 4.78 is 5.15. The summed E-state index contributed by atoms with van der Waals surface area (Å²) in [5, 5.41) is 0. The molecule has 0 aromatic rings. The first-order chi connectivity index (χ1) is 4.23. The monoisotopic (exact) mass is 127 g/mol. The van der Waals surface area contributed by atoms with Crippen molar-refractivity contribution in [3.63, 3.8) is 0 Å². The summed E-state index contributed by atoms with van der Waals surface area (Å²) in [6, 6.07) is 0. The summed E-state index contributed by atoms with van der Waals surface area (Å²) in [5.74, 6) is 0.278. The van der Waals surface area contributed by atoms with Gasteiger partial charge in [-0.25, -0.2) is 0 Å². The molecule has 1 spiro atoms. The number of rotatable bonds is 0. The van der Waals surface area contributed by atoms with E-state index in [4.69, 9.17) is 4.74 Å². The van der Waals surface area contributed by atoms with Crippen LogP contribution in [0.1, 0.15) is 0 Å². The van der Waals surface area contributed by atoms with Gasteiger partial charge in [0.1, 0.15) is 6.61 Å². The quantitative estimate of drug-likeness (QED) is 0.429. The number of hydrogen-bond donors (Lipinski definition) is 0. The minimum Gasteiger partial charge on any atom is -0.356 e. The molecule has 2 rings (SSSR count). The Hall–Kier alpha value is -0.410. The molecule has 0 aromatic carbocycles. The lowest BCUT2D eigenvalue weighted by Gasteiger charge is -2.51. The third-order valence-corrected chi connectivity index (χ3v) is 2.04. The second-order valence-electron chi connectivity index (χ2n) is 2.88. The van der Waals surface area contributed by atoms with E-state index in [2.05, 4.69) is 4.90 Å². The molecule has 0 atom stereocenters. The molecule has 2 aliphatic rings. The molecule has 50 valence electrons.